The Kier molecular flexibility index (Phi) is 4.91. The number of hydrogen-bond donors (Lipinski definition) is 1. The van der Waals surface area contributed by atoms with Gasteiger partial charge < -0.3 is 5.41 Å². The van der Waals surface area contributed by atoms with Gasteiger partial charge in [0, 0.05) is 18.6 Å². The van der Waals surface area contributed by atoms with Crippen LogP contribution in [-0.4, -0.2) is 5.71 Å². The molecule has 0 unspecified atom stereocenters. The molecule has 0 aromatic heterocycles. The molecule has 1 nitrogen and oxygen atoms in total. The van der Waals surface area contributed by atoms with E-state index in [2.05, 4.69) is 11.8 Å². The van der Waals surface area contributed by atoms with Crippen LogP contribution in [0.15, 0.2) is 0 Å². The molecule has 0 saturated carbocycles. The van der Waals surface area contributed by atoms with Gasteiger partial charge >= 0.3 is 0 Å². The van der Waals surface area contributed by atoms with E-state index in [1.54, 1.807) is 0 Å². The van der Waals surface area contributed by atoms with E-state index in [1.165, 1.54) is 0 Å². The third kappa shape index (κ3) is 5.10. The van der Waals surface area contributed by atoms with E-state index in [0.717, 1.165) is 18.6 Å². The van der Waals surface area contributed by atoms with Crippen LogP contribution in [0.2, 0.25) is 0 Å². The molecule has 9 heavy (non-hydrogen) atoms. The lowest BCUT2D eigenvalue weighted by Gasteiger charge is -1.87. The molecule has 1 N–H and O–H groups in total. The highest BCUT2D eigenvalue weighted by Crippen LogP contribution is 1.86. The quantitative estimate of drug-likeness (QED) is 0.430. The standard InChI is InChI=1S/C8H13N/c1-3-5-6-7-8(9)4-2/h9H,3-4,7H2,1-2H3. The third-order valence-electron chi connectivity index (χ3n) is 1.03. The Morgan fingerprint density at radius 3 is 2.44 bits per heavy atom. The van der Waals surface area contributed by atoms with E-state index >= 15 is 0 Å². The average Bonchev–Trinajstić information content (AvgIpc) is 1.89. The highest BCUT2D eigenvalue weighted by atomic mass is 14.4. The van der Waals surface area contributed by atoms with Crippen molar-refractivity contribution in [3.63, 3.8) is 0 Å². The molecule has 50 valence electrons. The molecular formula is C8H13N. The van der Waals surface area contributed by atoms with Gasteiger partial charge in [0.2, 0.25) is 0 Å². The predicted octanol–water partition coefficient (Wildman–Crippen LogP) is 2.22. The molecule has 0 radical (unpaired) electrons. The highest BCUT2D eigenvalue weighted by Gasteiger charge is 1.85. The topological polar surface area (TPSA) is 23.9 Å². The molecule has 0 bridgehead atoms. The van der Waals surface area contributed by atoms with Crippen molar-refractivity contribution in [3.05, 3.63) is 0 Å². The van der Waals surface area contributed by atoms with Crippen LogP contribution in [0, 0.1) is 17.3 Å². The van der Waals surface area contributed by atoms with Crippen LogP contribution in [0.1, 0.15) is 33.1 Å². The van der Waals surface area contributed by atoms with Gasteiger partial charge in [-0.05, 0) is 6.42 Å². The minimum absolute atomic E-state index is 0.657. The van der Waals surface area contributed by atoms with Gasteiger partial charge in [-0.1, -0.05) is 19.8 Å². The van der Waals surface area contributed by atoms with Crippen LogP contribution in [0.25, 0.3) is 0 Å². The zero-order valence-electron chi connectivity index (χ0n) is 6.12. The van der Waals surface area contributed by atoms with E-state index < -0.39 is 0 Å². The molecule has 0 atom stereocenters. The van der Waals surface area contributed by atoms with Crippen molar-refractivity contribution in [1.82, 2.24) is 0 Å². The van der Waals surface area contributed by atoms with Gasteiger partial charge in [0.1, 0.15) is 0 Å². The zero-order chi connectivity index (χ0) is 7.11. The summed E-state index contributed by atoms with van der Waals surface area (Å²) in [5.41, 5.74) is 0.732. The summed E-state index contributed by atoms with van der Waals surface area (Å²) >= 11 is 0. The van der Waals surface area contributed by atoms with Crippen LogP contribution < -0.4 is 0 Å². The summed E-state index contributed by atoms with van der Waals surface area (Å²) in [4.78, 5) is 0. The van der Waals surface area contributed by atoms with Crippen LogP contribution in [0.4, 0.5) is 0 Å². The average molecular weight is 123 g/mol. The second kappa shape index (κ2) is 5.37. The molecule has 0 heterocycles. The molecule has 0 aromatic rings. The maximum Gasteiger partial charge on any atom is 0.0467 e. The molecule has 0 saturated heterocycles. The molecule has 0 aliphatic carbocycles. The van der Waals surface area contributed by atoms with Crippen molar-refractivity contribution in [1.29, 1.82) is 5.41 Å². The summed E-state index contributed by atoms with van der Waals surface area (Å²) in [7, 11) is 0. The Bertz CT molecular complexity index is 136. The van der Waals surface area contributed by atoms with E-state index in [1.807, 2.05) is 13.8 Å². The third-order valence-corrected chi connectivity index (χ3v) is 1.03. The van der Waals surface area contributed by atoms with E-state index in [9.17, 15) is 0 Å². The monoisotopic (exact) mass is 123 g/mol. The van der Waals surface area contributed by atoms with Crippen molar-refractivity contribution in [3.8, 4) is 11.8 Å². The summed E-state index contributed by atoms with van der Waals surface area (Å²) in [6.45, 7) is 4.00. The van der Waals surface area contributed by atoms with Crippen LogP contribution >= 0.6 is 0 Å². The lowest BCUT2D eigenvalue weighted by molar-refractivity contribution is 1.19. The Morgan fingerprint density at radius 1 is 1.33 bits per heavy atom. The minimum Gasteiger partial charge on any atom is -0.309 e. The first-order chi connectivity index (χ1) is 4.31. The largest absolute Gasteiger partial charge is 0.309 e. The SMILES string of the molecule is CCC#CCC(=N)CC. The summed E-state index contributed by atoms with van der Waals surface area (Å²) in [5, 5.41) is 7.21. The molecule has 0 spiro atoms. The summed E-state index contributed by atoms with van der Waals surface area (Å²) in [6.07, 6.45) is 2.39. The summed E-state index contributed by atoms with van der Waals surface area (Å²) in [6, 6.07) is 0. The molecule has 0 aliphatic rings. The lowest BCUT2D eigenvalue weighted by atomic mass is 10.2. The molecule has 1 heteroatoms. The number of nitrogens with one attached hydrogen (secondary N) is 1. The lowest BCUT2D eigenvalue weighted by Crippen LogP contribution is -1.89. The fourth-order valence-corrected chi connectivity index (χ4v) is 0.419. The molecule has 0 amide bonds. The fraction of sp³-hybridized carbons (Fsp3) is 0.625. The minimum atomic E-state index is 0.657. The second-order valence-electron chi connectivity index (χ2n) is 1.84. The van der Waals surface area contributed by atoms with E-state index in [0.29, 0.717) is 6.42 Å². The smallest absolute Gasteiger partial charge is 0.0467 e. The Hall–Kier alpha value is -0.770. The molecule has 0 aliphatic heterocycles. The maximum atomic E-state index is 7.21. The van der Waals surface area contributed by atoms with Crippen LogP contribution in [0.5, 0.6) is 0 Å². The predicted molar refractivity (Wildman–Crippen MR) is 40.7 cm³/mol. The highest BCUT2D eigenvalue weighted by molar-refractivity contribution is 5.83. The molecule has 0 aromatic carbocycles. The van der Waals surface area contributed by atoms with Gasteiger partial charge in [-0.2, -0.15) is 0 Å². The maximum absolute atomic E-state index is 7.21. The van der Waals surface area contributed by atoms with Gasteiger partial charge in [-0.3, -0.25) is 0 Å². The first kappa shape index (κ1) is 8.23. The van der Waals surface area contributed by atoms with Gasteiger partial charge in [0.05, 0.1) is 0 Å². The second-order valence-corrected chi connectivity index (χ2v) is 1.84. The van der Waals surface area contributed by atoms with Gasteiger partial charge in [0.15, 0.2) is 0 Å². The summed E-state index contributed by atoms with van der Waals surface area (Å²) < 4.78 is 0. The van der Waals surface area contributed by atoms with Crippen molar-refractivity contribution in [2.24, 2.45) is 0 Å². The normalized spacial score (nSPS) is 7.78. The van der Waals surface area contributed by atoms with Gasteiger partial charge in [0.25, 0.3) is 0 Å². The van der Waals surface area contributed by atoms with Crippen LogP contribution in [-0.2, 0) is 0 Å². The van der Waals surface area contributed by atoms with Crippen molar-refractivity contribution >= 4 is 5.71 Å². The molecule has 0 rings (SSSR count). The van der Waals surface area contributed by atoms with Gasteiger partial charge in [-0.15, -0.1) is 5.92 Å². The zero-order valence-corrected chi connectivity index (χ0v) is 6.12. The fourth-order valence-electron chi connectivity index (χ4n) is 0.419. The Morgan fingerprint density at radius 2 is 2.00 bits per heavy atom. The van der Waals surface area contributed by atoms with Crippen molar-refractivity contribution in [2.75, 3.05) is 0 Å². The van der Waals surface area contributed by atoms with Crippen molar-refractivity contribution in [2.45, 2.75) is 33.1 Å². The van der Waals surface area contributed by atoms with Crippen molar-refractivity contribution < 1.29 is 0 Å². The first-order valence-electron chi connectivity index (χ1n) is 3.33. The number of rotatable bonds is 2. The number of hydrogen-bond acceptors (Lipinski definition) is 1. The Labute approximate surface area is 57.0 Å². The van der Waals surface area contributed by atoms with Gasteiger partial charge in [-0.25, -0.2) is 0 Å². The van der Waals surface area contributed by atoms with E-state index in [-0.39, 0.29) is 0 Å². The van der Waals surface area contributed by atoms with Crippen LogP contribution in [0.3, 0.4) is 0 Å². The first-order valence-corrected chi connectivity index (χ1v) is 3.33. The van der Waals surface area contributed by atoms with E-state index in [4.69, 9.17) is 5.41 Å². The molecular weight excluding hydrogens is 110 g/mol. The Balaban J connectivity index is 3.37. The molecule has 0 fully saturated rings. The summed E-state index contributed by atoms with van der Waals surface area (Å²) in [5.74, 6) is 5.83.